The molecule has 0 aliphatic rings. The molecule has 132 valence electrons. The average Bonchev–Trinajstić information content (AvgIpc) is 3.19. The standard InChI is InChI=1S/C21H16N4O2/c1-14-4-2-3-5-18(14)21-24-19(25-27-21)15-6-8-17(9-7-15)23-20(26)16-10-12-22-13-11-16/h2-13H,1H3,(H,23,26). The zero-order valence-corrected chi connectivity index (χ0v) is 14.6. The molecule has 0 aliphatic heterocycles. The number of hydrogen-bond acceptors (Lipinski definition) is 5. The molecule has 0 saturated heterocycles. The van der Waals surface area contributed by atoms with Gasteiger partial charge in [0.2, 0.25) is 5.82 Å². The molecule has 0 spiro atoms. The largest absolute Gasteiger partial charge is 0.334 e. The van der Waals surface area contributed by atoms with Crippen molar-refractivity contribution < 1.29 is 9.32 Å². The first-order chi connectivity index (χ1) is 13.2. The second-order valence-corrected chi connectivity index (χ2v) is 6.01. The fourth-order valence-electron chi connectivity index (χ4n) is 2.67. The fourth-order valence-corrected chi connectivity index (χ4v) is 2.67. The summed E-state index contributed by atoms with van der Waals surface area (Å²) in [7, 11) is 0. The molecular formula is C21H16N4O2. The maximum atomic E-state index is 12.2. The summed E-state index contributed by atoms with van der Waals surface area (Å²) in [5.41, 5.74) is 4.03. The van der Waals surface area contributed by atoms with Crippen molar-refractivity contribution >= 4 is 11.6 Å². The van der Waals surface area contributed by atoms with Crippen molar-refractivity contribution in [3.63, 3.8) is 0 Å². The molecule has 0 aliphatic carbocycles. The van der Waals surface area contributed by atoms with Gasteiger partial charge in [0.1, 0.15) is 0 Å². The van der Waals surface area contributed by atoms with E-state index in [-0.39, 0.29) is 5.91 Å². The Hall–Kier alpha value is -3.80. The predicted molar refractivity (Wildman–Crippen MR) is 102 cm³/mol. The van der Waals surface area contributed by atoms with Crippen LogP contribution in [0.3, 0.4) is 0 Å². The number of carbonyl (C=O) groups excluding carboxylic acids is 1. The molecular weight excluding hydrogens is 340 g/mol. The number of rotatable bonds is 4. The lowest BCUT2D eigenvalue weighted by Crippen LogP contribution is -2.11. The number of amides is 1. The second-order valence-electron chi connectivity index (χ2n) is 6.01. The van der Waals surface area contributed by atoms with Crippen LogP contribution >= 0.6 is 0 Å². The summed E-state index contributed by atoms with van der Waals surface area (Å²) >= 11 is 0. The maximum absolute atomic E-state index is 12.2. The SMILES string of the molecule is Cc1ccccc1-c1nc(-c2ccc(NC(=O)c3ccncc3)cc2)no1. The zero-order chi connectivity index (χ0) is 18.6. The maximum Gasteiger partial charge on any atom is 0.258 e. The Bertz CT molecular complexity index is 1070. The highest BCUT2D eigenvalue weighted by Gasteiger charge is 2.12. The Morgan fingerprint density at radius 3 is 2.44 bits per heavy atom. The van der Waals surface area contributed by atoms with Gasteiger partial charge in [0.15, 0.2) is 0 Å². The summed E-state index contributed by atoms with van der Waals surface area (Å²) in [6.45, 7) is 2.00. The van der Waals surface area contributed by atoms with Crippen LogP contribution in [0.15, 0.2) is 77.6 Å². The van der Waals surface area contributed by atoms with Crippen molar-refractivity contribution in [3.8, 4) is 22.8 Å². The molecule has 6 nitrogen and oxygen atoms in total. The van der Waals surface area contributed by atoms with Gasteiger partial charge in [0.25, 0.3) is 11.8 Å². The molecule has 0 atom stereocenters. The normalized spacial score (nSPS) is 10.6. The fraction of sp³-hybridized carbons (Fsp3) is 0.0476. The van der Waals surface area contributed by atoms with E-state index in [0.29, 0.717) is 23.0 Å². The smallest absolute Gasteiger partial charge is 0.258 e. The molecule has 0 fully saturated rings. The van der Waals surface area contributed by atoms with Crippen LogP contribution in [0, 0.1) is 6.92 Å². The number of aromatic nitrogens is 3. The minimum atomic E-state index is -0.188. The highest BCUT2D eigenvalue weighted by Crippen LogP contribution is 2.25. The van der Waals surface area contributed by atoms with Gasteiger partial charge >= 0.3 is 0 Å². The van der Waals surface area contributed by atoms with E-state index in [0.717, 1.165) is 16.7 Å². The van der Waals surface area contributed by atoms with Gasteiger partial charge in [0.05, 0.1) is 0 Å². The lowest BCUT2D eigenvalue weighted by Gasteiger charge is -2.05. The third-order valence-electron chi connectivity index (χ3n) is 4.14. The molecule has 0 bridgehead atoms. The number of carbonyl (C=O) groups is 1. The summed E-state index contributed by atoms with van der Waals surface area (Å²) in [5.74, 6) is 0.796. The molecule has 1 N–H and O–H groups in total. The molecule has 0 unspecified atom stereocenters. The van der Waals surface area contributed by atoms with Crippen molar-refractivity contribution in [2.45, 2.75) is 6.92 Å². The number of aryl methyl sites for hydroxylation is 1. The second kappa shape index (κ2) is 7.21. The molecule has 0 radical (unpaired) electrons. The van der Waals surface area contributed by atoms with Gasteiger partial charge in [-0.2, -0.15) is 4.98 Å². The van der Waals surface area contributed by atoms with Gasteiger partial charge in [-0.3, -0.25) is 9.78 Å². The number of hydrogen-bond donors (Lipinski definition) is 1. The quantitative estimate of drug-likeness (QED) is 0.587. The van der Waals surface area contributed by atoms with Crippen molar-refractivity contribution in [3.05, 3.63) is 84.2 Å². The van der Waals surface area contributed by atoms with Crippen LogP contribution in [0.1, 0.15) is 15.9 Å². The van der Waals surface area contributed by atoms with E-state index >= 15 is 0 Å². The van der Waals surface area contributed by atoms with Gasteiger partial charge in [-0.05, 0) is 55.0 Å². The average molecular weight is 356 g/mol. The van der Waals surface area contributed by atoms with Gasteiger partial charge in [0, 0.05) is 34.8 Å². The van der Waals surface area contributed by atoms with E-state index in [4.69, 9.17) is 4.52 Å². The lowest BCUT2D eigenvalue weighted by molar-refractivity contribution is 0.102. The zero-order valence-electron chi connectivity index (χ0n) is 14.6. The van der Waals surface area contributed by atoms with Gasteiger partial charge < -0.3 is 9.84 Å². The predicted octanol–water partition coefficient (Wildman–Crippen LogP) is 4.36. The number of benzene rings is 2. The Morgan fingerprint density at radius 1 is 0.963 bits per heavy atom. The molecule has 4 rings (SSSR count). The van der Waals surface area contributed by atoms with E-state index in [1.165, 1.54) is 0 Å². The molecule has 6 heteroatoms. The first kappa shape index (κ1) is 16.7. The summed E-state index contributed by atoms with van der Waals surface area (Å²) in [5, 5.41) is 6.91. The van der Waals surface area contributed by atoms with E-state index < -0.39 is 0 Å². The van der Waals surface area contributed by atoms with Gasteiger partial charge in [-0.15, -0.1) is 0 Å². The highest BCUT2D eigenvalue weighted by atomic mass is 16.5. The Balaban J connectivity index is 1.51. The monoisotopic (exact) mass is 356 g/mol. The first-order valence-corrected chi connectivity index (χ1v) is 8.42. The van der Waals surface area contributed by atoms with E-state index in [9.17, 15) is 4.79 Å². The molecule has 1 amide bonds. The van der Waals surface area contributed by atoms with Crippen LogP contribution in [-0.4, -0.2) is 21.0 Å². The van der Waals surface area contributed by atoms with E-state index in [2.05, 4.69) is 20.4 Å². The van der Waals surface area contributed by atoms with Crippen LogP contribution in [0.25, 0.3) is 22.8 Å². The number of anilines is 1. The Kier molecular flexibility index (Phi) is 4.45. The summed E-state index contributed by atoms with van der Waals surface area (Å²) in [4.78, 5) is 20.6. The minimum absolute atomic E-state index is 0.188. The van der Waals surface area contributed by atoms with Crippen LogP contribution < -0.4 is 5.32 Å². The summed E-state index contributed by atoms with van der Waals surface area (Å²) in [6.07, 6.45) is 3.17. The van der Waals surface area contributed by atoms with E-state index in [1.54, 1.807) is 36.7 Å². The van der Waals surface area contributed by atoms with E-state index in [1.807, 2.05) is 43.3 Å². The van der Waals surface area contributed by atoms with Crippen LogP contribution in [0.2, 0.25) is 0 Å². The third kappa shape index (κ3) is 3.59. The van der Waals surface area contributed by atoms with Gasteiger partial charge in [-0.25, -0.2) is 0 Å². The van der Waals surface area contributed by atoms with Crippen LogP contribution in [-0.2, 0) is 0 Å². The van der Waals surface area contributed by atoms with Crippen LogP contribution in [0.4, 0.5) is 5.69 Å². The topological polar surface area (TPSA) is 80.9 Å². The summed E-state index contributed by atoms with van der Waals surface area (Å²) in [6, 6.07) is 18.5. The molecule has 2 aromatic carbocycles. The minimum Gasteiger partial charge on any atom is -0.334 e. The van der Waals surface area contributed by atoms with Crippen molar-refractivity contribution in [2.75, 3.05) is 5.32 Å². The molecule has 2 heterocycles. The highest BCUT2D eigenvalue weighted by molar-refractivity contribution is 6.04. The van der Waals surface area contributed by atoms with Crippen molar-refractivity contribution in [1.29, 1.82) is 0 Å². The van der Waals surface area contributed by atoms with Crippen molar-refractivity contribution in [1.82, 2.24) is 15.1 Å². The molecule has 0 saturated carbocycles. The third-order valence-corrected chi connectivity index (χ3v) is 4.14. The Morgan fingerprint density at radius 2 is 1.70 bits per heavy atom. The molecule has 2 aromatic heterocycles. The first-order valence-electron chi connectivity index (χ1n) is 8.42. The summed E-state index contributed by atoms with van der Waals surface area (Å²) < 4.78 is 5.40. The molecule has 4 aromatic rings. The molecule has 27 heavy (non-hydrogen) atoms. The Labute approximate surface area is 155 Å². The lowest BCUT2D eigenvalue weighted by atomic mass is 10.1. The van der Waals surface area contributed by atoms with Crippen LogP contribution in [0.5, 0.6) is 0 Å². The number of pyridine rings is 1. The number of nitrogens with one attached hydrogen (secondary N) is 1. The van der Waals surface area contributed by atoms with Crippen molar-refractivity contribution in [2.24, 2.45) is 0 Å². The number of nitrogens with zero attached hydrogens (tertiary/aromatic N) is 3. The van der Waals surface area contributed by atoms with Gasteiger partial charge in [-0.1, -0.05) is 23.4 Å².